The zero-order valence-corrected chi connectivity index (χ0v) is 16.1. The summed E-state index contributed by atoms with van der Waals surface area (Å²) in [5.41, 5.74) is 2.94. The van der Waals surface area contributed by atoms with E-state index in [0.717, 1.165) is 21.9 Å². The van der Waals surface area contributed by atoms with Gasteiger partial charge in [-0.25, -0.2) is 4.79 Å². The van der Waals surface area contributed by atoms with Gasteiger partial charge in [-0.1, -0.05) is 71.7 Å². The molecule has 28 heavy (non-hydrogen) atoms. The third kappa shape index (κ3) is 3.55. The normalized spacial score (nSPS) is 10.8. The molecule has 0 aromatic heterocycles. The molecule has 0 bridgehead atoms. The van der Waals surface area contributed by atoms with E-state index in [0.29, 0.717) is 21.4 Å². The smallest absolute Gasteiger partial charge is 0.337 e. The highest BCUT2D eigenvalue weighted by Crippen LogP contribution is 2.38. The molecule has 0 aliphatic heterocycles. The number of nitrogens with one attached hydrogen (secondary N) is 1. The molecule has 0 radical (unpaired) electrons. The summed E-state index contributed by atoms with van der Waals surface area (Å²) < 4.78 is 0. The molecule has 2 N–H and O–H groups in total. The largest absolute Gasteiger partial charge is 0.478 e. The predicted molar refractivity (Wildman–Crippen MR) is 116 cm³/mol. The average molecular weight is 408 g/mol. The number of rotatable bonds is 4. The zero-order chi connectivity index (χ0) is 19.7. The van der Waals surface area contributed by atoms with Crippen LogP contribution in [0.2, 0.25) is 10.0 Å². The first-order valence-corrected chi connectivity index (χ1v) is 9.36. The van der Waals surface area contributed by atoms with Crippen molar-refractivity contribution in [2.45, 2.75) is 0 Å². The molecule has 0 aliphatic carbocycles. The van der Waals surface area contributed by atoms with Gasteiger partial charge in [0, 0.05) is 0 Å². The molecule has 0 amide bonds. The number of carboxylic acid groups (broad SMARTS) is 1. The second-order valence-electron chi connectivity index (χ2n) is 6.35. The topological polar surface area (TPSA) is 49.3 Å². The highest BCUT2D eigenvalue weighted by Gasteiger charge is 2.14. The second kappa shape index (κ2) is 7.55. The third-order valence-corrected chi connectivity index (χ3v) is 5.14. The maximum atomic E-state index is 11.4. The number of hydrogen-bond donors (Lipinski definition) is 2. The van der Waals surface area contributed by atoms with Gasteiger partial charge in [0.15, 0.2) is 0 Å². The summed E-state index contributed by atoms with van der Waals surface area (Å²) in [5, 5.41) is 15.5. The number of para-hydroxylation sites is 1. The Bertz CT molecular complexity index is 1180. The minimum Gasteiger partial charge on any atom is -0.478 e. The van der Waals surface area contributed by atoms with Gasteiger partial charge in [0.2, 0.25) is 0 Å². The summed E-state index contributed by atoms with van der Waals surface area (Å²) in [5.74, 6) is -1.02. The fourth-order valence-electron chi connectivity index (χ4n) is 3.14. The lowest BCUT2D eigenvalue weighted by Crippen LogP contribution is -2.03. The van der Waals surface area contributed by atoms with Crippen molar-refractivity contribution in [3.05, 3.63) is 94.5 Å². The number of halogens is 2. The van der Waals surface area contributed by atoms with Crippen LogP contribution in [0, 0.1) is 0 Å². The molecular formula is C23H15Cl2NO2. The highest BCUT2D eigenvalue weighted by molar-refractivity contribution is 6.39. The van der Waals surface area contributed by atoms with Crippen molar-refractivity contribution in [1.29, 1.82) is 0 Å². The van der Waals surface area contributed by atoms with Crippen LogP contribution in [0.3, 0.4) is 0 Å². The number of carbonyl (C=O) groups is 1. The first-order valence-electron chi connectivity index (χ1n) is 8.60. The Kier molecular flexibility index (Phi) is 4.95. The summed E-state index contributed by atoms with van der Waals surface area (Å²) in [6, 6.07) is 24.6. The van der Waals surface area contributed by atoms with Gasteiger partial charge < -0.3 is 10.4 Å². The van der Waals surface area contributed by atoms with E-state index in [2.05, 4.69) is 29.6 Å². The van der Waals surface area contributed by atoms with Crippen molar-refractivity contribution < 1.29 is 9.90 Å². The van der Waals surface area contributed by atoms with Gasteiger partial charge >= 0.3 is 5.97 Å². The zero-order valence-electron chi connectivity index (χ0n) is 14.6. The van der Waals surface area contributed by atoms with E-state index in [1.54, 1.807) is 18.2 Å². The lowest BCUT2D eigenvalue weighted by atomic mass is 10.0. The molecule has 0 heterocycles. The molecular weight excluding hydrogens is 393 g/mol. The van der Waals surface area contributed by atoms with Gasteiger partial charge in [0.1, 0.15) is 0 Å². The standard InChI is InChI=1S/C23H15Cl2NO2/c24-19-12-17(16-10-9-14-5-1-2-6-15(14)11-16)13-20(25)22(19)26-21-8-4-3-7-18(21)23(27)28/h1-13,26H,(H,27,28). The van der Waals surface area contributed by atoms with Crippen LogP contribution >= 0.6 is 23.2 Å². The van der Waals surface area contributed by atoms with Gasteiger partial charge in [-0.3, -0.25) is 0 Å². The number of anilines is 2. The lowest BCUT2D eigenvalue weighted by Gasteiger charge is -2.14. The Hall–Kier alpha value is -3.01. The minimum atomic E-state index is -1.02. The van der Waals surface area contributed by atoms with Crippen LogP contribution in [0.1, 0.15) is 10.4 Å². The van der Waals surface area contributed by atoms with E-state index < -0.39 is 5.97 Å². The van der Waals surface area contributed by atoms with Crippen LogP contribution in [0.25, 0.3) is 21.9 Å². The summed E-state index contributed by atoms with van der Waals surface area (Å²) in [7, 11) is 0. The van der Waals surface area contributed by atoms with E-state index in [1.807, 2.05) is 30.3 Å². The number of carboxylic acids is 1. The SMILES string of the molecule is O=C(O)c1ccccc1Nc1c(Cl)cc(-c2ccc3ccccc3c2)cc1Cl. The first-order chi connectivity index (χ1) is 13.5. The van der Waals surface area contributed by atoms with Gasteiger partial charge in [-0.2, -0.15) is 0 Å². The van der Waals surface area contributed by atoms with Crippen molar-refractivity contribution in [3.63, 3.8) is 0 Å². The summed E-state index contributed by atoms with van der Waals surface area (Å²) in [6.07, 6.45) is 0. The van der Waals surface area contributed by atoms with Gasteiger partial charge in [-0.05, 0) is 52.2 Å². The van der Waals surface area contributed by atoms with Crippen molar-refractivity contribution in [2.75, 3.05) is 5.32 Å². The van der Waals surface area contributed by atoms with Gasteiger partial charge in [0.05, 0.1) is 27.0 Å². The Balaban J connectivity index is 1.73. The molecule has 3 nitrogen and oxygen atoms in total. The molecule has 0 saturated carbocycles. The van der Waals surface area contributed by atoms with E-state index in [1.165, 1.54) is 6.07 Å². The fourth-order valence-corrected chi connectivity index (χ4v) is 3.72. The quantitative estimate of drug-likeness (QED) is 0.374. The molecule has 138 valence electrons. The molecule has 0 spiro atoms. The van der Waals surface area contributed by atoms with Crippen LogP contribution < -0.4 is 5.32 Å². The molecule has 0 atom stereocenters. The third-order valence-electron chi connectivity index (χ3n) is 4.54. The van der Waals surface area contributed by atoms with Crippen molar-refractivity contribution in [1.82, 2.24) is 0 Å². The second-order valence-corrected chi connectivity index (χ2v) is 7.17. The Morgan fingerprint density at radius 1 is 0.750 bits per heavy atom. The highest BCUT2D eigenvalue weighted by atomic mass is 35.5. The predicted octanol–water partition coefficient (Wildman–Crippen LogP) is 7.26. The van der Waals surface area contributed by atoms with Crippen LogP contribution in [0.5, 0.6) is 0 Å². The van der Waals surface area contributed by atoms with Crippen LogP contribution in [0.4, 0.5) is 11.4 Å². The summed E-state index contributed by atoms with van der Waals surface area (Å²) in [4.78, 5) is 11.4. The molecule has 0 unspecified atom stereocenters. The molecule has 4 rings (SSSR count). The summed E-state index contributed by atoms with van der Waals surface area (Å²) in [6.45, 7) is 0. The van der Waals surface area contributed by atoms with Crippen LogP contribution in [-0.4, -0.2) is 11.1 Å². The maximum Gasteiger partial charge on any atom is 0.337 e. The molecule has 0 aliphatic rings. The fraction of sp³-hybridized carbons (Fsp3) is 0. The van der Waals surface area contributed by atoms with Crippen molar-refractivity contribution in [2.24, 2.45) is 0 Å². The molecule has 0 saturated heterocycles. The Labute approximate surface area is 172 Å². The number of hydrogen-bond acceptors (Lipinski definition) is 2. The van der Waals surface area contributed by atoms with E-state index in [4.69, 9.17) is 23.2 Å². The molecule has 4 aromatic carbocycles. The minimum absolute atomic E-state index is 0.147. The number of aromatic carboxylic acids is 1. The van der Waals surface area contributed by atoms with E-state index in [9.17, 15) is 9.90 Å². The monoisotopic (exact) mass is 407 g/mol. The van der Waals surface area contributed by atoms with E-state index >= 15 is 0 Å². The van der Waals surface area contributed by atoms with Crippen molar-refractivity contribution >= 4 is 51.3 Å². The molecule has 5 heteroatoms. The van der Waals surface area contributed by atoms with Crippen LogP contribution in [-0.2, 0) is 0 Å². The van der Waals surface area contributed by atoms with Gasteiger partial charge in [-0.15, -0.1) is 0 Å². The van der Waals surface area contributed by atoms with Crippen LogP contribution in [0.15, 0.2) is 78.9 Å². The number of benzene rings is 4. The average Bonchev–Trinajstić information content (AvgIpc) is 2.70. The maximum absolute atomic E-state index is 11.4. The Morgan fingerprint density at radius 2 is 1.39 bits per heavy atom. The first kappa shape index (κ1) is 18.4. The molecule has 4 aromatic rings. The number of fused-ring (bicyclic) bond motifs is 1. The Morgan fingerprint density at radius 3 is 2.11 bits per heavy atom. The van der Waals surface area contributed by atoms with E-state index in [-0.39, 0.29) is 5.56 Å². The lowest BCUT2D eigenvalue weighted by molar-refractivity contribution is 0.0698. The van der Waals surface area contributed by atoms with Crippen molar-refractivity contribution in [3.8, 4) is 11.1 Å². The molecule has 0 fully saturated rings. The summed E-state index contributed by atoms with van der Waals surface area (Å²) >= 11 is 13.0. The van der Waals surface area contributed by atoms with Gasteiger partial charge in [0.25, 0.3) is 0 Å².